The second kappa shape index (κ2) is 8.93. The number of methoxy groups -OCH3 is 1. The van der Waals surface area contributed by atoms with Crippen molar-refractivity contribution in [3.63, 3.8) is 0 Å². The van der Waals surface area contributed by atoms with E-state index >= 15 is 0 Å². The largest absolute Gasteiger partial charge is 0.495 e. The predicted octanol–water partition coefficient (Wildman–Crippen LogP) is 4.13. The Hall–Kier alpha value is -2.89. The zero-order valence-electron chi connectivity index (χ0n) is 17.0. The quantitative estimate of drug-likeness (QED) is 0.574. The third kappa shape index (κ3) is 4.36. The number of ether oxygens (including phenoxy) is 1. The van der Waals surface area contributed by atoms with Gasteiger partial charge in [-0.2, -0.15) is 4.31 Å². The standard InChI is InChI=1S/C21H19F2N3O4S2/c1-30-18-7-5-14(11-19(18)32(28,29)26-8-2-3-9-26)20(27)25-21-24-17(12-31-21)13-4-6-15(22)16(23)10-13/h4-7,10-12H,2-3,8-9H2,1H3,(H,24,25,27). The molecule has 2 heterocycles. The Morgan fingerprint density at radius 3 is 2.56 bits per heavy atom. The fourth-order valence-electron chi connectivity index (χ4n) is 3.38. The third-order valence-corrected chi connectivity index (χ3v) is 7.73. The molecule has 0 radical (unpaired) electrons. The summed E-state index contributed by atoms with van der Waals surface area (Å²) in [5.74, 6) is -2.36. The number of sulfonamides is 1. The molecule has 32 heavy (non-hydrogen) atoms. The van der Waals surface area contributed by atoms with Crippen molar-refractivity contribution in [2.24, 2.45) is 0 Å². The highest BCUT2D eigenvalue weighted by Gasteiger charge is 2.30. The first-order valence-corrected chi connectivity index (χ1v) is 12.0. The minimum absolute atomic E-state index is 0.0730. The van der Waals surface area contributed by atoms with Gasteiger partial charge in [-0.05, 0) is 49.2 Å². The first-order valence-electron chi connectivity index (χ1n) is 9.70. The Labute approximate surface area is 187 Å². The summed E-state index contributed by atoms with van der Waals surface area (Å²) in [5.41, 5.74) is 0.855. The van der Waals surface area contributed by atoms with Crippen LogP contribution in [0.15, 0.2) is 46.7 Å². The van der Waals surface area contributed by atoms with Crippen LogP contribution >= 0.6 is 11.3 Å². The summed E-state index contributed by atoms with van der Waals surface area (Å²) in [6.45, 7) is 0.849. The van der Waals surface area contributed by atoms with E-state index in [2.05, 4.69) is 10.3 Å². The summed E-state index contributed by atoms with van der Waals surface area (Å²) >= 11 is 1.10. The topological polar surface area (TPSA) is 88.6 Å². The van der Waals surface area contributed by atoms with E-state index in [9.17, 15) is 22.0 Å². The molecule has 0 spiro atoms. The van der Waals surface area contributed by atoms with Gasteiger partial charge in [-0.15, -0.1) is 11.3 Å². The number of benzene rings is 2. The number of amides is 1. The van der Waals surface area contributed by atoms with E-state index in [1.54, 1.807) is 5.38 Å². The Balaban J connectivity index is 1.58. The van der Waals surface area contributed by atoms with Gasteiger partial charge in [0.1, 0.15) is 10.6 Å². The maximum atomic E-state index is 13.5. The smallest absolute Gasteiger partial charge is 0.257 e. The van der Waals surface area contributed by atoms with Gasteiger partial charge in [0.05, 0.1) is 12.8 Å². The van der Waals surface area contributed by atoms with Gasteiger partial charge in [0.25, 0.3) is 5.91 Å². The lowest BCUT2D eigenvalue weighted by molar-refractivity contribution is 0.102. The summed E-state index contributed by atoms with van der Waals surface area (Å²) in [6, 6.07) is 7.59. The number of aromatic nitrogens is 1. The number of nitrogens with zero attached hydrogens (tertiary/aromatic N) is 2. The molecule has 3 aromatic rings. The normalized spacial score (nSPS) is 14.5. The van der Waals surface area contributed by atoms with Crippen LogP contribution in [-0.2, 0) is 10.0 Å². The Bertz CT molecular complexity index is 1270. The number of nitrogens with one attached hydrogen (secondary N) is 1. The van der Waals surface area contributed by atoms with Crippen molar-refractivity contribution in [2.45, 2.75) is 17.7 Å². The van der Waals surface area contributed by atoms with Crippen LogP contribution in [0, 0.1) is 11.6 Å². The molecule has 1 fully saturated rings. The van der Waals surface area contributed by atoms with Crippen molar-refractivity contribution in [1.82, 2.24) is 9.29 Å². The molecule has 7 nitrogen and oxygen atoms in total. The lowest BCUT2D eigenvalue weighted by atomic mass is 10.2. The van der Waals surface area contributed by atoms with Crippen molar-refractivity contribution in [3.05, 3.63) is 59.0 Å². The number of thiazole rings is 1. The van der Waals surface area contributed by atoms with E-state index in [1.807, 2.05) is 0 Å². The van der Waals surface area contributed by atoms with Crippen LogP contribution in [0.5, 0.6) is 5.75 Å². The van der Waals surface area contributed by atoms with Crippen LogP contribution in [0.2, 0.25) is 0 Å². The van der Waals surface area contributed by atoms with Gasteiger partial charge in [0, 0.05) is 29.6 Å². The molecule has 0 bridgehead atoms. The van der Waals surface area contributed by atoms with Gasteiger partial charge in [-0.3, -0.25) is 10.1 Å². The molecule has 0 unspecified atom stereocenters. The summed E-state index contributed by atoms with van der Waals surface area (Å²) in [5, 5.41) is 4.44. The van der Waals surface area contributed by atoms with Gasteiger partial charge in [-0.25, -0.2) is 22.2 Å². The van der Waals surface area contributed by atoms with Crippen LogP contribution < -0.4 is 10.1 Å². The summed E-state index contributed by atoms with van der Waals surface area (Å²) < 4.78 is 59.2. The molecule has 1 N–H and O–H groups in total. The van der Waals surface area contributed by atoms with Crippen LogP contribution in [-0.4, -0.2) is 43.8 Å². The van der Waals surface area contributed by atoms with E-state index in [0.717, 1.165) is 36.3 Å². The Morgan fingerprint density at radius 1 is 1.12 bits per heavy atom. The van der Waals surface area contributed by atoms with E-state index < -0.39 is 27.6 Å². The third-order valence-electron chi connectivity index (χ3n) is 5.05. The molecule has 0 aliphatic carbocycles. The summed E-state index contributed by atoms with van der Waals surface area (Å²) in [4.78, 5) is 16.9. The molecule has 1 aromatic heterocycles. The zero-order chi connectivity index (χ0) is 22.9. The van der Waals surface area contributed by atoms with Crippen molar-refractivity contribution in [2.75, 3.05) is 25.5 Å². The fraction of sp³-hybridized carbons (Fsp3) is 0.238. The number of halogens is 2. The number of anilines is 1. The molecule has 1 saturated heterocycles. The lowest BCUT2D eigenvalue weighted by Gasteiger charge is -2.18. The highest BCUT2D eigenvalue weighted by molar-refractivity contribution is 7.89. The molecule has 1 aliphatic heterocycles. The monoisotopic (exact) mass is 479 g/mol. The predicted molar refractivity (Wildman–Crippen MR) is 116 cm³/mol. The van der Waals surface area contributed by atoms with Gasteiger partial charge in [-0.1, -0.05) is 0 Å². The van der Waals surface area contributed by atoms with Gasteiger partial charge in [0.2, 0.25) is 10.0 Å². The van der Waals surface area contributed by atoms with Gasteiger partial charge in [0.15, 0.2) is 16.8 Å². The molecule has 0 saturated carbocycles. The van der Waals surface area contributed by atoms with Crippen LogP contribution in [0.4, 0.5) is 13.9 Å². The van der Waals surface area contributed by atoms with E-state index in [0.29, 0.717) is 24.3 Å². The van der Waals surface area contributed by atoms with Crippen molar-refractivity contribution < 1.29 is 26.7 Å². The first kappa shape index (κ1) is 22.3. The van der Waals surface area contributed by atoms with E-state index in [4.69, 9.17) is 4.74 Å². The molecular weight excluding hydrogens is 460 g/mol. The van der Waals surface area contributed by atoms with E-state index in [-0.39, 0.29) is 21.3 Å². The minimum Gasteiger partial charge on any atom is -0.495 e. The number of hydrogen-bond donors (Lipinski definition) is 1. The molecule has 2 aromatic carbocycles. The second-order valence-electron chi connectivity index (χ2n) is 7.10. The summed E-state index contributed by atoms with van der Waals surface area (Å²) in [7, 11) is -2.43. The molecule has 4 rings (SSSR count). The zero-order valence-corrected chi connectivity index (χ0v) is 18.6. The molecule has 168 valence electrons. The molecule has 1 aliphatic rings. The van der Waals surface area contributed by atoms with Crippen molar-refractivity contribution in [1.29, 1.82) is 0 Å². The van der Waals surface area contributed by atoms with E-state index in [1.165, 1.54) is 35.7 Å². The van der Waals surface area contributed by atoms with Gasteiger partial charge < -0.3 is 4.74 Å². The molecule has 0 atom stereocenters. The molecule has 11 heteroatoms. The average molecular weight is 480 g/mol. The second-order valence-corrected chi connectivity index (χ2v) is 9.86. The Kier molecular flexibility index (Phi) is 6.22. The van der Waals surface area contributed by atoms with Crippen molar-refractivity contribution in [3.8, 4) is 17.0 Å². The number of rotatable bonds is 6. The maximum Gasteiger partial charge on any atom is 0.257 e. The highest BCUT2D eigenvalue weighted by Crippen LogP contribution is 2.31. The highest BCUT2D eigenvalue weighted by atomic mass is 32.2. The minimum atomic E-state index is -3.80. The maximum absolute atomic E-state index is 13.5. The molecule has 1 amide bonds. The number of hydrogen-bond acceptors (Lipinski definition) is 6. The summed E-state index contributed by atoms with van der Waals surface area (Å²) in [6.07, 6.45) is 1.57. The van der Waals surface area contributed by atoms with Crippen LogP contribution in [0.25, 0.3) is 11.3 Å². The van der Waals surface area contributed by atoms with Crippen LogP contribution in [0.1, 0.15) is 23.2 Å². The van der Waals surface area contributed by atoms with Crippen LogP contribution in [0.3, 0.4) is 0 Å². The molecular formula is C21H19F2N3O4S2. The van der Waals surface area contributed by atoms with Gasteiger partial charge >= 0.3 is 0 Å². The first-order chi connectivity index (χ1) is 15.3. The SMILES string of the molecule is COc1ccc(C(=O)Nc2nc(-c3ccc(F)c(F)c3)cs2)cc1S(=O)(=O)N1CCCC1. The average Bonchev–Trinajstić information content (AvgIpc) is 3.48. The lowest BCUT2D eigenvalue weighted by Crippen LogP contribution is -2.28. The number of carbonyl (C=O) groups excluding carboxylic acids is 1. The Morgan fingerprint density at radius 2 is 1.88 bits per heavy atom. The number of carbonyl (C=O) groups is 1. The fourth-order valence-corrected chi connectivity index (χ4v) is 5.79. The van der Waals surface area contributed by atoms with Crippen molar-refractivity contribution >= 4 is 32.4 Å².